The number of guanidine groups is 1. The van der Waals surface area contributed by atoms with Crippen LogP contribution in [0.15, 0.2) is 53.5 Å². The van der Waals surface area contributed by atoms with Gasteiger partial charge in [-0.25, -0.2) is 0 Å². The van der Waals surface area contributed by atoms with Crippen molar-refractivity contribution in [3.05, 3.63) is 59.7 Å². The van der Waals surface area contributed by atoms with Crippen LogP contribution in [0.4, 0.5) is 0 Å². The Morgan fingerprint density at radius 1 is 1.00 bits per heavy atom. The molecule has 1 heterocycles. The van der Waals surface area contributed by atoms with E-state index in [2.05, 4.69) is 52.0 Å². The normalized spacial score (nSPS) is 16.0. The van der Waals surface area contributed by atoms with E-state index in [0.717, 1.165) is 50.1 Å². The van der Waals surface area contributed by atoms with Crippen LogP contribution in [-0.4, -0.2) is 46.5 Å². The summed E-state index contributed by atoms with van der Waals surface area (Å²) >= 11 is 0. The van der Waals surface area contributed by atoms with Crippen molar-refractivity contribution >= 4 is 5.96 Å². The Hall–Kier alpha value is -2.73. The molecule has 0 aliphatic carbocycles. The Morgan fingerprint density at radius 3 is 2.27 bits per heavy atom. The average Bonchev–Trinajstić information content (AvgIpc) is 2.81. The van der Waals surface area contributed by atoms with Crippen molar-refractivity contribution in [1.82, 2.24) is 10.6 Å². The van der Waals surface area contributed by atoms with Crippen LogP contribution in [0.1, 0.15) is 30.9 Å². The van der Waals surface area contributed by atoms with Gasteiger partial charge in [-0.1, -0.05) is 24.3 Å². The molecule has 0 saturated carbocycles. The molecule has 0 atom stereocenters. The molecule has 0 unspecified atom stereocenters. The lowest BCUT2D eigenvalue weighted by Gasteiger charge is -2.38. The summed E-state index contributed by atoms with van der Waals surface area (Å²) in [6, 6.07) is 16.5. The van der Waals surface area contributed by atoms with Crippen molar-refractivity contribution in [2.24, 2.45) is 4.99 Å². The number of aliphatic imine (C=N–C) groups is 1. The van der Waals surface area contributed by atoms with Crippen molar-refractivity contribution in [3.8, 4) is 11.5 Å². The summed E-state index contributed by atoms with van der Waals surface area (Å²) in [5.74, 6) is 2.56. The first-order chi connectivity index (χ1) is 14.7. The SMILES string of the molecule is CCOc1ccc(C2(CNC(=NC)NCc3ccc(OC)cc3)CCOCC2)cc1. The molecule has 1 fully saturated rings. The van der Waals surface area contributed by atoms with Gasteiger partial charge in [0.15, 0.2) is 5.96 Å². The molecule has 0 aromatic heterocycles. The lowest BCUT2D eigenvalue weighted by atomic mass is 9.74. The Balaban J connectivity index is 1.63. The molecular formula is C24H33N3O3. The highest BCUT2D eigenvalue weighted by Crippen LogP contribution is 2.35. The first-order valence-electron chi connectivity index (χ1n) is 10.6. The predicted octanol–water partition coefficient (Wildman–Crippen LogP) is 3.51. The fourth-order valence-corrected chi connectivity index (χ4v) is 3.80. The molecule has 1 aliphatic heterocycles. The van der Waals surface area contributed by atoms with Crippen LogP contribution < -0.4 is 20.1 Å². The quantitative estimate of drug-likeness (QED) is 0.514. The summed E-state index contributed by atoms with van der Waals surface area (Å²) in [5.41, 5.74) is 2.50. The van der Waals surface area contributed by atoms with E-state index in [0.29, 0.717) is 13.2 Å². The molecule has 0 radical (unpaired) electrons. The van der Waals surface area contributed by atoms with Gasteiger partial charge in [-0.15, -0.1) is 0 Å². The van der Waals surface area contributed by atoms with Gasteiger partial charge in [0.05, 0.1) is 13.7 Å². The van der Waals surface area contributed by atoms with Gasteiger partial charge in [0.1, 0.15) is 11.5 Å². The number of methoxy groups -OCH3 is 1. The first kappa shape index (κ1) is 22.0. The van der Waals surface area contributed by atoms with Gasteiger partial charge in [-0.2, -0.15) is 0 Å². The van der Waals surface area contributed by atoms with Crippen molar-refractivity contribution < 1.29 is 14.2 Å². The average molecular weight is 412 g/mol. The number of benzene rings is 2. The first-order valence-corrected chi connectivity index (χ1v) is 10.6. The van der Waals surface area contributed by atoms with Crippen LogP contribution in [0.25, 0.3) is 0 Å². The molecule has 2 N–H and O–H groups in total. The third kappa shape index (κ3) is 5.66. The fraction of sp³-hybridized carbons (Fsp3) is 0.458. The van der Waals surface area contributed by atoms with Gasteiger partial charge in [0.25, 0.3) is 0 Å². The summed E-state index contributed by atoms with van der Waals surface area (Å²) in [5, 5.41) is 6.94. The summed E-state index contributed by atoms with van der Waals surface area (Å²) in [7, 11) is 3.48. The van der Waals surface area contributed by atoms with E-state index in [-0.39, 0.29) is 5.41 Å². The van der Waals surface area contributed by atoms with Crippen LogP contribution in [0, 0.1) is 0 Å². The zero-order valence-corrected chi connectivity index (χ0v) is 18.2. The van der Waals surface area contributed by atoms with E-state index in [1.807, 2.05) is 19.1 Å². The summed E-state index contributed by atoms with van der Waals surface area (Å²) in [6.07, 6.45) is 1.95. The van der Waals surface area contributed by atoms with Crippen LogP contribution in [-0.2, 0) is 16.7 Å². The summed E-state index contributed by atoms with van der Waals surface area (Å²) in [4.78, 5) is 4.40. The monoisotopic (exact) mass is 411 g/mol. The molecule has 2 aromatic rings. The zero-order valence-electron chi connectivity index (χ0n) is 18.2. The lowest BCUT2D eigenvalue weighted by molar-refractivity contribution is 0.0513. The number of nitrogens with one attached hydrogen (secondary N) is 2. The second-order valence-corrected chi connectivity index (χ2v) is 7.48. The van der Waals surface area contributed by atoms with Gasteiger partial charge in [0, 0.05) is 38.8 Å². The Labute approximate surface area is 179 Å². The summed E-state index contributed by atoms with van der Waals surface area (Å²) in [6.45, 7) is 5.72. The minimum Gasteiger partial charge on any atom is -0.497 e. The van der Waals surface area contributed by atoms with Crippen molar-refractivity contribution in [3.63, 3.8) is 0 Å². The molecule has 2 aromatic carbocycles. The molecule has 30 heavy (non-hydrogen) atoms. The second kappa shape index (κ2) is 10.9. The van der Waals surface area contributed by atoms with E-state index >= 15 is 0 Å². The van der Waals surface area contributed by atoms with E-state index in [9.17, 15) is 0 Å². The molecule has 162 valence electrons. The molecule has 1 saturated heterocycles. The van der Waals surface area contributed by atoms with Crippen LogP contribution in [0.2, 0.25) is 0 Å². The number of hydrogen-bond donors (Lipinski definition) is 2. The van der Waals surface area contributed by atoms with Gasteiger partial charge in [-0.3, -0.25) is 4.99 Å². The van der Waals surface area contributed by atoms with Gasteiger partial charge < -0.3 is 24.8 Å². The number of nitrogens with zero attached hydrogens (tertiary/aromatic N) is 1. The van der Waals surface area contributed by atoms with Crippen LogP contribution >= 0.6 is 0 Å². The standard InChI is InChI=1S/C24H33N3O3/c1-4-30-22-11-7-20(8-12-22)24(13-15-29-16-14-24)18-27-23(25-2)26-17-19-5-9-21(28-3)10-6-19/h5-12H,4,13-18H2,1-3H3,(H2,25,26,27). The third-order valence-electron chi connectivity index (χ3n) is 5.66. The molecule has 6 heteroatoms. The zero-order chi connectivity index (χ0) is 21.2. The molecule has 0 bridgehead atoms. The van der Waals surface area contributed by atoms with Gasteiger partial charge in [-0.05, 0) is 55.2 Å². The molecule has 3 rings (SSSR count). The smallest absolute Gasteiger partial charge is 0.191 e. The minimum atomic E-state index is 0.0146. The highest BCUT2D eigenvalue weighted by Gasteiger charge is 2.34. The molecule has 0 spiro atoms. The lowest BCUT2D eigenvalue weighted by Crippen LogP contribution is -2.47. The molecule has 0 amide bonds. The summed E-state index contributed by atoms with van der Waals surface area (Å²) < 4.78 is 16.5. The molecule has 1 aliphatic rings. The minimum absolute atomic E-state index is 0.0146. The number of ether oxygens (including phenoxy) is 3. The van der Waals surface area contributed by atoms with Gasteiger partial charge >= 0.3 is 0 Å². The fourth-order valence-electron chi connectivity index (χ4n) is 3.80. The maximum Gasteiger partial charge on any atom is 0.191 e. The van der Waals surface area contributed by atoms with Crippen molar-refractivity contribution in [1.29, 1.82) is 0 Å². The third-order valence-corrected chi connectivity index (χ3v) is 5.66. The highest BCUT2D eigenvalue weighted by molar-refractivity contribution is 5.79. The van der Waals surface area contributed by atoms with E-state index in [1.165, 1.54) is 11.1 Å². The molecular weight excluding hydrogens is 378 g/mol. The van der Waals surface area contributed by atoms with Crippen LogP contribution in [0.3, 0.4) is 0 Å². The van der Waals surface area contributed by atoms with Crippen LogP contribution in [0.5, 0.6) is 11.5 Å². The van der Waals surface area contributed by atoms with E-state index < -0.39 is 0 Å². The Kier molecular flexibility index (Phi) is 7.97. The number of rotatable bonds is 8. The maximum atomic E-state index is 5.66. The number of hydrogen-bond acceptors (Lipinski definition) is 4. The largest absolute Gasteiger partial charge is 0.497 e. The maximum absolute atomic E-state index is 5.66. The second-order valence-electron chi connectivity index (χ2n) is 7.48. The van der Waals surface area contributed by atoms with Gasteiger partial charge in [0.2, 0.25) is 0 Å². The van der Waals surface area contributed by atoms with E-state index in [1.54, 1.807) is 14.2 Å². The Morgan fingerprint density at radius 2 is 1.67 bits per heavy atom. The van der Waals surface area contributed by atoms with E-state index in [4.69, 9.17) is 14.2 Å². The Bertz CT molecular complexity index is 797. The topological polar surface area (TPSA) is 64.1 Å². The predicted molar refractivity (Wildman–Crippen MR) is 121 cm³/mol. The molecule has 6 nitrogen and oxygen atoms in total. The van der Waals surface area contributed by atoms with Crippen molar-refractivity contribution in [2.75, 3.05) is 40.5 Å². The van der Waals surface area contributed by atoms with Crippen molar-refractivity contribution in [2.45, 2.75) is 31.7 Å². The highest BCUT2D eigenvalue weighted by atomic mass is 16.5.